The number of aryl methyl sites for hydroxylation is 1. The summed E-state index contributed by atoms with van der Waals surface area (Å²) in [5.41, 5.74) is -0.423. The Kier molecular flexibility index (Phi) is 10.2. The van der Waals surface area contributed by atoms with E-state index in [1.54, 1.807) is 28.0 Å². The van der Waals surface area contributed by atoms with Crippen LogP contribution in [0.2, 0.25) is 5.02 Å². The van der Waals surface area contributed by atoms with E-state index in [1.807, 2.05) is 77.9 Å². The number of carbonyl (C=O) groups excluding carboxylic acids is 3. The molecule has 3 unspecified atom stereocenters. The van der Waals surface area contributed by atoms with Gasteiger partial charge in [0.2, 0.25) is 11.8 Å². The van der Waals surface area contributed by atoms with Gasteiger partial charge in [-0.15, -0.1) is 13.2 Å². The lowest BCUT2D eigenvalue weighted by molar-refractivity contribution is -0.150. The second-order valence-corrected chi connectivity index (χ2v) is 14.2. The highest BCUT2D eigenvalue weighted by atomic mass is 35.5. The van der Waals surface area contributed by atoms with Crippen LogP contribution in [0.15, 0.2) is 67.8 Å². The number of likely N-dealkylation sites (tertiary alicyclic amines) is 1. The van der Waals surface area contributed by atoms with E-state index in [0.717, 1.165) is 5.56 Å². The van der Waals surface area contributed by atoms with Crippen molar-refractivity contribution in [2.45, 2.75) is 71.2 Å². The standard InChI is InChI=1S/C38H48ClN3O6/c1-9-19-40(26-15-17-27(18-16-26)47-11-3)34(44)30-31-35(45)42(29(22-43)23(4)5)33(38(31)21-25(7)37(30,8)48-38)36(46)41(20-10-2)32-24(6)13-12-14-28(32)39/h9-10,12-18,23,25,29-31,33,43H,1-2,11,19-22H2,3-8H3/t25?,29-,30+,31-,33?,37-,38?/m0/s1. The van der Waals surface area contributed by atoms with Gasteiger partial charge in [-0.3, -0.25) is 14.4 Å². The van der Waals surface area contributed by atoms with Crippen LogP contribution in [0.3, 0.4) is 0 Å². The molecule has 2 bridgehead atoms. The van der Waals surface area contributed by atoms with E-state index >= 15 is 4.79 Å². The van der Waals surface area contributed by atoms with Gasteiger partial charge in [-0.1, -0.05) is 56.7 Å². The molecule has 2 aromatic carbocycles. The normalized spacial score (nSPS) is 27.9. The quantitative estimate of drug-likeness (QED) is 0.269. The van der Waals surface area contributed by atoms with Crippen molar-refractivity contribution >= 4 is 40.7 Å². The fourth-order valence-electron chi connectivity index (χ4n) is 8.35. The van der Waals surface area contributed by atoms with Crippen LogP contribution in [0, 0.1) is 30.6 Å². The number of fused-ring (bicyclic) bond motifs is 1. The third-order valence-electron chi connectivity index (χ3n) is 10.6. The van der Waals surface area contributed by atoms with Crippen LogP contribution in [0.4, 0.5) is 11.4 Å². The first-order chi connectivity index (χ1) is 22.8. The number of carbonyl (C=O) groups is 3. The minimum Gasteiger partial charge on any atom is -0.494 e. The molecule has 3 heterocycles. The maximum Gasteiger partial charge on any atom is 0.253 e. The number of aliphatic hydroxyl groups is 1. The second-order valence-electron chi connectivity index (χ2n) is 13.8. The van der Waals surface area contributed by atoms with Gasteiger partial charge in [0.15, 0.2) is 0 Å². The molecular formula is C38H48ClN3O6. The van der Waals surface area contributed by atoms with Crippen molar-refractivity contribution in [2.75, 3.05) is 36.1 Å². The Labute approximate surface area is 289 Å². The molecule has 0 saturated carbocycles. The van der Waals surface area contributed by atoms with E-state index in [-0.39, 0.29) is 49.3 Å². The highest BCUT2D eigenvalue weighted by Crippen LogP contribution is 2.66. The molecule has 3 saturated heterocycles. The highest BCUT2D eigenvalue weighted by molar-refractivity contribution is 6.34. The molecule has 0 aromatic heterocycles. The van der Waals surface area contributed by atoms with Crippen LogP contribution >= 0.6 is 11.6 Å². The number of hydrogen-bond donors (Lipinski definition) is 1. The van der Waals surface area contributed by atoms with Crippen molar-refractivity contribution in [3.63, 3.8) is 0 Å². The van der Waals surface area contributed by atoms with Gasteiger partial charge in [0.05, 0.1) is 47.4 Å². The molecule has 2 aromatic rings. The second kappa shape index (κ2) is 13.7. The minimum absolute atomic E-state index is 0.133. The van der Waals surface area contributed by atoms with E-state index in [9.17, 15) is 14.7 Å². The minimum atomic E-state index is -1.32. The third-order valence-corrected chi connectivity index (χ3v) is 10.9. The van der Waals surface area contributed by atoms with E-state index in [0.29, 0.717) is 35.2 Å². The summed E-state index contributed by atoms with van der Waals surface area (Å²) in [4.78, 5) is 49.7. The lowest BCUT2D eigenvalue weighted by Gasteiger charge is -2.41. The number of rotatable bonds is 13. The summed E-state index contributed by atoms with van der Waals surface area (Å²) < 4.78 is 12.6. The molecule has 48 heavy (non-hydrogen) atoms. The Morgan fingerprint density at radius 3 is 2.33 bits per heavy atom. The SMILES string of the molecule is C=CCN(C(=O)[C@H]1[C@H]2C(=O)N([C@@H](CO)C(C)C)C(C(=O)N(CC=C)c3c(C)cccc3Cl)C23CC(C)[C@]1(C)O3)c1ccc(OCC)cc1. The number of nitrogens with zero attached hydrogens (tertiary/aromatic N) is 3. The van der Waals surface area contributed by atoms with Gasteiger partial charge >= 0.3 is 0 Å². The maximum absolute atomic E-state index is 15.1. The highest BCUT2D eigenvalue weighted by Gasteiger charge is 2.80. The molecule has 7 atom stereocenters. The molecule has 9 nitrogen and oxygen atoms in total. The van der Waals surface area contributed by atoms with Gasteiger partial charge in [0.25, 0.3) is 5.91 Å². The van der Waals surface area contributed by atoms with Gasteiger partial charge in [0.1, 0.15) is 17.4 Å². The van der Waals surface area contributed by atoms with Crippen molar-refractivity contribution < 1.29 is 29.0 Å². The zero-order valence-electron chi connectivity index (χ0n) is 28.8. The number of anilines is 2. The van der Waals surface area contributed by atoms with Crippen molar-refractivity contribution in [3.05, 3.63) is 78.4 Å². The Balaban J connectivity index is 1.67. The summed E-state index contributed by atoms with van der Waals surface area (Å²) >= 11 is 6.72. The molecule has 10 heteroatoms. The Bertz CT molecular complexity index is 1560. The van der Waals surface area contributed by atoms with Crippen LogP contribution in [0.5, 0.6) is 5.75 Å². The van der Waals surface area contributed by atoms with Gasteiger partial charge < -0.3 is 29.3 Å². The monoisotopic (exact) mass is 677 g/mol. The van der Waals surface area contributed by atoms with Crippen LogP contribution < -0.4 is 14.5 Å². The Morgan fingerprint density at radius 1 is 1.12 bits per heavy atom. The molecule has 0 radical (unpaired) electrons. The average Bonchev–Trinajstić information content (AvgIpc) is 3.56. The number of ether oxygens (including phenoxy) is 2. The van der Waals surface area contributed by atoms with Gasteiger partial charge in [-0.2, -0.15) is 0 Å². The van der Waals surface area contributed by atoms with Crippen molar-refractivity contribution in [2.24, 2.45) is 23.7 Å². The summed E-state index contributed by atoms with van der Waals surface area (Å²) in [5.74, 6) is -2.58. The molecule has 1 N–H and O–H groups in total. The molecule has 258 valence electrons. The molecule has 3 amide bonds. The third kappa shape index (κ3) is 5.53. The van der Waals surface area contributed by atoms with Gasteiger partial charge in [-0.05, 0) is 74.9 Å². The first kappa shape index (κ1) is 35.6. The number of aliphatic hydroxyl groups excluding tert-OH is 1. The molecule has 5 rings (SSSR count). The fraction of sp³-hybridized carbons (Fsp3) is 0.500. The van der Waals surface area contributed by atoms with Crippen LogP contribution in [0.25, 0.3) is 0 Å². The summed E-state index contributed by atoms with van der Waals surface area (Å²) in [5, 5.41) is 11.1. The fourth-order valence-corrected chi connectivity index (χ4v) is 8.67. The zero-order chi connectivity index (χ0) is 35.1. The van der Waals surface area contributed by atoms with Crippen LogP contribution in [-0.4, -0.2) is 77.3 Å². The summed E-state index contributed by atoms with van der Waals surface area (Å²) in [6.07, 6.45) is 3.66. The number of halogens is 1. The van der Waals surface area contributed by atoms with E-state index in [4.69, 9.17) is 21.1 Å². The Hall–Kier alpha value is -3.66. The van der Waals surface area contributed by atoms with Gasteiger partial charge in [0, 0.05) is 18.8 Å². The van der Waals surface area contributed by atoms with Gasteiger partial charge in [-0.25, -0.2) is 0 Å². The van der Waals surface area contributed by atoms with Crippen molar-refractivity contribution in [1.29, 1.82) is 0 Å². The van der Waals surface area contributed by atoms with Crippen LogP contribution in [-0.2, 0) is 19.1 Å². The molecule has 0 aliphatic carbocycles. The predicted molar refractivity (Wildman–Crippen MR) is 188 cm³/mol. The van der Waals surface area contributed by atoms with E-state index in [2.05, 4.69) is 13.2 Å². The summed E-state index contributed by atoms with van der Waals surface area (Å²) in [6.45, 7) is 19.8. The lowest BCUT2D eigenvalue weighted by atomic mass is 9.62. The number of amides is 3. The number of hydrogen-bond acceptors (Lipinski definition) is 6. The number of para-hydroxylation sites is 1. The van der Waals surface area contributed by atoms with Crippen molar-refractivity contribution in [1.82, 2.24) is 4.90 Å². The first-order valence-electron chi connectivity index (χ1n) is 16.8. The molecule has 3 aliphatic heterocycles. The van der Waals surface area contributed by atoms with Crippen molar-refractivity contribution in [3.8, 4) is 5.75 Å². The predicted octanol–water partition coefficient (Wildman–Crippen LogP) is 5.81. The molecular weight excluding hydrogens is 630 g/mol. The average molecular weight is 678 g/mol. The number of benzene rings is 2. The first-order valence-corrected chi connectivity index (χ1v) is 17.2. The maximum atomic E-state index is 15.1. The summed E-state index contributed by atoms with van der Waals surface area (Å²) in [6, 6.07) is 10.8. The van der Waals surface area contributed by atoms with E-state index < -0.39 is 35.1 Å². The van der Waals surface area contributed by atoms with E-state index in [1.165, 1.54) is 4.90 Å². The zero-order valence-corrected chi connectivity index (χ0v) is 29.6. The molecule has 1 spiro atoms. The topological polar surface area (TPSA) is 99.6 Å². The lowest BCUT2D eigenvalue weighted by Crippen LogP contribution is -2.60. The smallest absolute Gasteiger partial charge is 0.253 e. The largest absolute Gasteiger partial charge is 0.494 e. The summed E-state index contributed by atoms with van der Waals surface area (Å²) in [7, 11) is 0. The Morgan fingerprint density at radius 2 is 1.77 bits per heavy atom. The molecule has 3 fully saturated rings. The molecule has 3 aliphatic rings. The van der Waals surface area contributed by atoms with Crippen LogP contribution in [0.1, 0.15) is 46.6 Å².